The van der Waals surface area contributed by atoms with E-state index >= 15 is 0 Å². The van der Waals surface area contributed by atoms with Crippen molar-refractivity contribution in [2.45, 2.75) is 12.3 Å². The lowest BCUT2D eigenvalue weighted by Crippen LogP contribution is -2.26. The van der Waals surface area contributed by atoms with Gasteiger partial charge in [-0.15, -0.1) is 0 Å². The van der Waals surface area contributed by atoms with Crippen LogP contribution in [0.3, 0.4) is 0 Å². The number of halogens is 4. The van der Waals surface area contributed by atoms with Gasteiger partial charge in [-0.2, -0.15) is 8.78 Å². The van der Waals surface area contributed by atoms with Gasteiger partial charge in [0.05, 0.1) is 0 Å². The molecule has 0 spiro atoms. The minimum absolute atomic E-state index is 0.741. The molecule has 0 aliphatic rings. The normalized spacial score (nSPS) is 12.1. The Bertz CT molecular complexity index is 89.3. The summed E-state index contributed by atoms with van der Waals surface area (Å²) in [6.07, 6.45) is -3.74. The molecule has 5 heteroatoms. The van der Waals surface area contributed by atoms with E-state index in [4.69, 9.17) is 0 Å². The Morgan fingerprint density at radius 2 is 1.75 bits per heavy atom. The average Bonchev–Trinajstić information content (AvgIpc) is 1.67. The second kappa shape index (κ2) is 2.39. The highest BCUT2D eigenvalue weighted by molar-refractivity contribution is 7.79. The van der Waals surface area contributed by atoms with E-state index in [0.717, 1.165) is 5.37 Å². The van der Waals surface area contributed by atoms with Crippen molar-refractivity contribution < 1.29 is 17.6 Å². The molecule has 8 heavy (non-hydrogen) atoms. The molecule has 0 unspecified atom stereocenters. The third-order valence-corrected chi connectivity index (χ3v) is 0.682. The van der Waals surface area contributed by atoms with Gasteiger partial charge in [0.1, 0.15) is 5.37 Å². The lowest BCUT2D eigenvalue weighted by atomic mass is 10.4. The van der Waals surface area contributed by atoms with Crippen molar-refractivity contribution in [3.63, 3.8) is 0 Å². The standard InChI is InChI=1S/C3HF4S/c4-2(5)3(6,7)1-8/h2H. The second-order valence-electron chi connectivity index (χ2n) is 1.03. The molecule has 0 saturated heterocycles. The molecule has 0 rings (SSSR count). The van der Waals surface area contributed by atoms with E-state index in [1.54, 1.807) is 0 Å². The van der Waals surface area contributed by atoms with Crippen LogP contribution >= 0.6 is 12.2 Å². The minimum atomic E-state index is -4.23. The maximum atomic E-state index is 11.3. The van der Waals surface area contributed by atoms with Crippen LogP contribution < -0.4 is 0 Å². The molecule has 0 nitrogen and oxygen atoms in total. The van der Waals surface area contributed by atoms with E-state index < -0.39 is 12.3 Å². The van der Waals surface area contributed by atoms with Crippen molar-refractivity contribution in [1.29, 1.82) is 0 Å². The van der Waals surface area contributed by atoms with Crippen LogP contribution in [-0.2, 0) is 0 Å². The summed E-state index contributed by atoms with van der Waals surface area (Å²) in [4.78, 5) is 0. The van der Waals surface area contributed by atoms with Gasteiger partial charge < -0.3 is 0 Å². The molecular formula is C3HF4S. The molecule has 1 radical (unpaired) electrons. The quantitative estimate of drug-likeness (QED) is 0.421. The van der Waals surface area contributed by atoms with Gasteiger partial charge in [0.25, 0.3) is 0 Å². The van der Waals surface area contributed by atoms with E-state index in [0.29, 0.717) is 0 Å². The Balaban J connectivity index is 3.90. The highest BCUT2D eigenvalue weighted by Gasteiger charge is 2.38. The third-order valence-electron chi connectivity index (χ3n) is 0.410. The zero-order chi connectivity index (χ0) is 6.78. The van der Waals surface area contributed by atoms with Crippen molar-refractivity contribution in [3.8, 4) is 0 Å². The summed E-state index contributed by atoms with van der Waals surface area (Å²) in [6, 6.07) is 0. The highest BCUT2D eigenvalue weighted by Crippen LogP contribution is 2.19. The lowest BCUT2D eigenvalue weighted by molar-refractivity contribution is -0.0697. The van der Waals surface area contributed by atoms with Gasteiger partial charge in [-0.05, 0) is 0 Å². The van der Waals surface area contributed by atoms with E-state index in [1.165, 1.54) is 0 Å². The maximum absolute atomic E-state index is 11.3. The number of alkyl halides is 4. The zero-order valence-electron chi connectivity index (χ0n) is 3.50. The van der Waals surface area contributed by atoms with Crippen molar-refractivity contribution in [2.24, 2.45) is 0 Å². The summed E-state index contributed by atoms with van der Waals surface area (Å²) >= 11 is 3.48. The predicted octanol–water partition coefficient (Wildman–Crippen LogP) is 1.76. The zero-order valence-corrected chi connectivity index (χ0v) is 4.31. The van der Waals surface area contributed by atoms with Gasteiger partial charge in [-0.3, -0.25) is 0 Å². The molecule has 0 aromatic heterocycles. The van der Waals surface area contributed by atoms with E-state index in [-0.39, 0.29) is 0 Å². The van der Waals surface area contributed by atoms with Crippen molar-refractivity contribution in [2.75, 3.05) is 0 Å². The van der Waals surface area contributed by atoms with Gasteiger partial charge in [0.15, 0.2) is 0 Å². The summed E-state index contributed by atoms with van der Waals surface area (Å²) in [5.74, 6) is -4.23. The van der Waals surface area contributed by atoms with Crippen LogP contribution in [0.15, 0.2) is 0 Å². The van der Waals surface area contributed by atoms with E-state index in [1.807, 2.05) is 0 Å². The number of thiocarbonyl (C=S) groups is 1. The van der Waals surface area contributed by atoms with Crippen molar-refractivity contribution in [1.82, 2.24) is 0 Å². The Labute approximate surface area is 48.5 Å². The van der Waals surface area contributed by atoms with Gasteiger partial charge in [0, 0.05) is 0 Å². The van der Waals surface area contributed by atoms with Gasteiger partial charge in [-0.25, -0.2) is 8.78 Å². The van der Waals surface area contributed by atoms with Crippen LogP contribution in [-0.4, -0.2) is 17.7 Å². The molecule has 0 bridgehead atoms. The lowest BCUT2D eigenvalue weighted by Gasteiger charge is -2.05. The molecule has 0 aliphatic heterocycles. The molecule has 0 saturated carbocycles. The third kappa shape index (κ3) is 1.73. The van der Waals surface area contributed by atoms with Crippen LogP contribution in [0.25, 0.3) is 0 Å². The van der Waals surface area contributed by atoms with Crippen LogP contribution in [0.5, 0.6) is 0 Å². The Morgan fingerprint density at radius 1 is 1.38 bits per heavy atom. The number of rotatable bonds is 2. The molecular weight excluding hydrogens is 144 g/mol. The number of hydrogen-bond acceptors (Lipinski definition) is 1. The SMILES string of the molecule is FC(F)C(F)(F)[C]=S. The average molecular weight is 145 g/mol. The van der Waals surface area contributed by atoms with Crippen LogP contribution in [0.1, 0.15) is 0 Å². The maximum Gasteiger partial charge on any atom is 0.343 e. The first-order chi connectivity index (χ1) is 3.50. The van der Waals surface area contributed by atoms with Gasteiger partial charge >= 0.3 is 12.3 Å². The highest BCUT2D eigenvalue weighted by atomic mass is 32.1. The molecule has 0 aliphatic carbocycles. The van der Waals surface area contributed by atoms with Crippen molar-refractivity contribution in [3.05, 3.63) is 0 Å². The summed E-state index contributed by atoms with van der Waals surface area (Å²) in [5.41, 5.74) is 0. The summed E-state index contributed by atoms with van der Waals surface area (Å²) in [6.45, 7) is 0. The molecule has 47 valence electrons. The monoisotopic (exact) mass is 145 g/mol. The summed E-state index contributed by atoms with van der Waals surface area (Å²) < 4.78 is 44.5. The molecule has 0 aromatic rings. The topological polar surface area (TPSA) is 0 Å². The van der Waals surface area contributed by atoms with Crippen molar-refractivity contribution >= 4 is 17.6 Å². The molecule has 0 aromatic carbocycles. The van der Waals surface area contributed by atoms with Gasteiger partial charge in [-0.1, -0.05) is 12.2 Å². The smallest absolute Gasteiger partial charge is 0.203 e. The fourth-order valence-corrected chi connectivity index (χ4v) is 0.134. The summed E-state index contributed by atoms with van der Waals surface area (Å²) in [7, 11) is 0. The van der Waals surface area contributed by atoms with Crippen LogP contribution in [0, 0.1) is 0 Å². The minimum Gasteiger partial charge on any atom is -0.203 e. The molecule has 0 fully saturated rings. The first-order valence-electron chi connectivity index (χ1n) is 1.56. The van der Waals surface area contributed by atoms with E-state index in [2.05, 4.69) is 12.2 Å². The van der Waals surface area contributed by atoms with Crippen LogP contribution in [0.2, 0.25) is 0 Å². The fraction of sp³-hybridized carbons (Fsp3) is 0.667. The second-order valence-corrected chi connectivity index (χ2v) is 1.23. The van der Waals surface area contributed by atoms with Gasteiger partial charge in [0.2, 0.25) is 0 Å². The molecule has 0 amide bonds. The van der Waals surface area contributed by atoms with Crippen LogP contribution in [0.4, 0.5) is 17.6 Å². The largest absolute Gasteiger partial charge is 0.343 e. The first-order valence-corrected chi connectivity index (χ1v) is 1.97. The first kappa shape index (κ1) is 7.81. The Hall–Kier alpha value is -0.190. The molecule has 0 heterocycles. The Kier molecular flexibility index (Phi) is 2.33. The fourth-order valence-electron chi connectivity index (χ4n) is 0.0445. The molecule has 0 atom stereocenters. The number of hydrogen-bond donors (Lipinski definition) is 0. The predicted molar refractivity (Wildman–Crippen MR) is 23.5 cm³/mol. The Morgan fingerprint density at radius 3 is 1.75 bits per heavy atom. The van der Waals surface area contributed by atoms with E-state index in [9.17, 15) is 17.6 Å². The summed E-state index contributed by atoms with van der Waals surface area (Å²) in [5, 5.41) is 0.741. The molecule has 0 N–H and O–H groups in total.